The zero-order valence-electron chi connectivity index (χ0n) is 11.8. The molecule has 1 aliphatic carbocycles. The van der Waals surface area contributed by atoms with Crippen LogP contribution in [0.4, 0.5) is 0 Å². The highest BCUT2D eigenvalue weighted by atomic mass is 16.4. The molecule has 2 rings (SSSR count). The molecule has 2 N–H and O–H groups in total. The van der Waals surface area contributed by atoms with Gasteiger partial charge in [-0.05, 0) is 32.6 Å². The molecular formula is C14H22N2O4. The Morgan fingerprint density at radius 3 is 2.40 bits per heavy atom. The maximum atomic E-state index is 12.3. The Morgan fingerprint density at radius 1 is 1.15 bits per heavy atom. The minimum atomic E-state index is -0.967. The van der Waals surface area contributed by atoms with Gasteiger partial charge in [-0.3, -0.25) is 9.59 Å². The predicted molar refractivity (Wildman–Crippen MR) is 71.9 cm³/mol. The van der Waals surface area contributed by atoms with Crippen LogP contribution in [-0.4, -0.2) is 46.4 Å². The molecule has 0 bridgehead atoms. The molecule has 1 saturated carbocycles. The van der Waals surface area contributed by atoms with E-state index in [4.69, 9.17) is 5.11 Å². The summed E-state index contributed by atoms with van der Waals surface area (Å²) >= 11 is 0. The van der Waals surface area contributed by atoms with Crippen molar-refractivity contribution in [3.63, 3.8) is 0 Å². The van der Waals surface area contributed by atoms with Gasteiger partial charge in [0.2, 0.25) is 11.8 Å². The average molecular weight is 282 g/mol. The number of carboxylic acid groups (broad SMARTS) is 1. The molecule has 1 saturated heterocycles. The fourth-order valence-electron chi connectivity index (χ4n) is 3.12. The number of carbonyl (C=O) groups is 3. The van der Waals surface area contributed by atoms with Gasteiger partial charge in [0.05, 0.1) is 0 Å². The standard InChI is InChI=1S/C14H22N2O4/c1-9(15-12(17)10-5-2-3-6-10)13(18)16-8-4-7-11(16)14(19)20/h9-11H,2-8H2,1H3,(H,15,17)(H,19,20). The van der Waals surface area contributed by atoms with Gasteiger partial charge in [-0.1, -0.05) is 12.8 Å². The van der Waals surface area contributed by atoms with Crippen LogP contribution in [0.25, 0.3) is 0 Å². The zero-order chi connectivity index (χ0) is 14.7. The Hall–Kier alpha value is -1.59. The van der Waals surface area contributed by atoms with Gasteiger partial charge in [0.1, 0.15) is 12.1 Å². The topological polar surface area (TPSA) is 86.7 Å². The number of amides is 2. The van der Waals surface area contributed by atoms with Gasteiger partial charge < -0.3 is 15.3 Å². The highest BCUT2D eigenvalue weighted by Crippen LogP contribution is 2.25. The molecular weight excluding hydrogens is 260 g/mol. The van der Waals surface area contributed by atoms with Crippen LogP contribution in [0, 0.1) is 5.92 Å². The van der Waals surface area contributed by atoms with Crippen LogP contribution in [0.3, 0.4) is 0 Å². The Labute approximate surface area is 118 Å². The molecule has 0 aromatic rings. The summed E-state index contributed by atoms with van der Waals surface area (Å²) in [4.78, 5) is 36.7. The van der Waals surface area contributed by atoms with E-state index in [0.29, 0.717) is 19.4 Å². The first kappa shape index (κ1) is 14.8. The normalized spacial score (nSPS) is 24.6. The highest BCUT2D eigenvalue weighted by molar-refractivity contribution is 5.91. The Kier molecular flexibility index (Phi) is 4.62. The van der Waals surface area contributed by atoms with Gasteiger partial charge in [-0.15, -0.1) is 0 Å². The molecule has 20 heavy (non-hydrogen) atoms. The molecule has 1 heterocycles. The van der Waals surface area contributed by atoms with Gasteiger partial charge >= 0.3 is 5.97 Å². The summed E-state index contributed by atoms with van der Waals surface area (Å²) in [7, 11) is 0. The first-order valence-electron chi connectivity index (χ1n) is 7.34. The second-order valence-electron chi connectivity index (χ2n) is 5.74. The fraction of sp³-hybridized carbons (Fsp3) is 0.786. The number of likely N-dealkylation sites (tertiary alicyclic amines) is 1. The first-order chi connectivity index (χ1) is 9.50. The zero-order valence-corrected chi connectivity index (χ0v) is 11.8. The molecule has 0 aromatic carbocycles. The summed E-state index contributed by atoms with van der Waals surface area (Å²) in [6.45, 7) is 2.09. The smallest absolute Gasteiger partial charge is 0.326 e. The Bertz CT molecular complexity index is 404. The summed E-state index contributed by atoms with van der Waals surface area (Å²) in [5.74, 6) is -1.32. The van der Waals surface area contributed by atoms with Crippen LogP contribution in [0.15, 0.2) is 0 Å². The van der Waals surface area contributed by atoms with E-state index in [9.17, 15) is 14.4 Å². The second-order valence-corrected chi connectivity index (χ2v) is 5.74. The minimum absolute atomic E-state index is 0.0131. The van der Waals surface area contributed by atoms with Crippen molar-refractivity contribution in [3.05, 3.63) is 0 Å². The second kappa shape index (κ2) is 6.24. The lowest BCUT2D eigenvalue weighted by Crippen LogP contribution is -2.51. The van der Waals surface area contributed by atoms with Crippen molar-refractivity contribution in [3.8, 4) is 0 Å². The van der Waals surface area contributed by atoms with E-state index in [1.165, 1.54) is 4.90 Å². The molecule has 2 amide bonds. The molecule has 0 aromatic heterocycles. The Morgan fingerprint density at radius 2 is 1.80 bits per heavy atom. The van der Waals surface area contributed by atoms with Crippen LogP contribution in [0.2, 0.25) is 0 Å². The number of rotatable bonds is 4. The number of aliphatic carboxylic acids is 1. The van der Waals surface area contributed by atoms with Crippen LogP contribution in [0.1, 0.15) is 45.4 Å². The van der Waals surface area contributed by atoms with Crippen molar-refractivity contribution >= 4 is 17.8 Å². The van der Waals surface area contributed by atoms with Crippen molar-refractivity contribution < 1.29 is 19.5 Å². The van der Waals surface area contributed by atoms with Gasteiger partial charge in [0.15, 0.2) is 0 Å². The van der Waals surface area contributed by atoms with Crippen molar-refractivity contribution in [1.82, 2.24) is 10.2 Å². The molecule has 6 heteroatoms. The number of carbonyl (C=O) groups excluding carboxylic acids is 2. The minimum Gasteiger partial charge on any atom is -0.480 e. The number of nitrogens with zero attached hydrogens (tertiary/aromatic N) is 1. The molecule has 2 aliphatic rings. The number of hydrogen-bond donors (Lipinski definition) is 2. The fourth-order valence-corrected chi connectivity index (χ4v) is 3.12. The van der Waals surface area contributed by atoms with Crippen molar-refractivity contribution in [2.45, 2.75) is 57.5 Å². The third-order valence-corrected chi connectivity index (χ3v) is 4.28. The van der Waals surface area contributed by atoms with Gasteiger partial charge in [-0.2, -0.15) is 0 Å². The molecule has 1 aliphatic heterocycles. The van der Waals surface area contributed by atoms with E-state index >= 15 is 0 Å². The lowest BCUT2D eigenvalue weighted by atomic mass is 10.1. The van der Waals surface area contributed by atoms with E-state index in [-0.39, 0.29) is 17.7 Å². The molecule has 2 atom stereocenters. The molecule has 6 nitrogen and oxygen atoms in total. The van der Waals surface area contributed by atoms with Gasteiger partial charge in [0.25, 0.3) is 0 Å². The third kappa shape index (κ3) is 3.11. The molecule has 2 unspecified atom stereocenters. The maximum absolute atomic E-state index is 12.3. The van der Waals surface area contributed by atoms with E-state index < -0.39 is 18.1 Å². The largest absolute Gasteiger partial charge is 0.480 e. The summed E-state index contributed by atoms with van der Waals surface area (Å²) in [5, 5.41) is 11.8. The van der Waals surface area contributed by atoms with Gasteiger partial charge in [-0.25, -0.2) is 4.79 Å². The van der Waals surface area contributed by atoms with Crippen molar-refractivity contribution in [1.29, 1.82) is 0 Å². The Balaban J connectivity index is 1.91. The summed E-state index contributed by atoms with van der Waals surface area (Å²) in [6, 6.07) is -1.39. The van der Waals surface area contributed by atoms with E-state index in [1.54, 1.807) is 6.92 Å². The third-order valence-electron chi connectivity index (χ3n) is 4.28. The summed E-state index contributed by atoms with van der Waals surface area (Å²) in [5.41, 5.74) is 0. The SMILES string of the molecule is CC(NC(=O)C1CCCC1)C(=O)N1CCCC1C(=O)O. The van der Waals surface area contributed by atoms with E-state index in [0.717, 1.165) is 25.7 Å². The average Bonchev–Trinajstić information content (AvgIpc) is 3.08. The van der Waals surface area contributed by atoms with Crippen LogP contribution < -0.4 is 5.32 Å². The first-order valence-corrected chi connectivity index (χ1v) is 7.34. The predicted octanol–water partition coefficient (Wildman–Crippen LogP) is 0.757. The molecule has 0 spiro atoms. The number of carboxylic acids is 1. The van der Waals surface area contributed by atoms with E-state index in [2.05, 4.69) is 5.32 Å². The lowest BCUT2D eigenvalue weighted by molar-refractivity contribution is -0.149. The summed E-state index contributed by atoms with van der Waals surface area (Å²) in [6.07, 6.45) is 5.08. The highest BCUT2D eigenvalue weighted by Gasteiger charge is 2.36. The summed E-state index contributed by atoms with van der Waals surface area (Å²) < 4.78 is 0. The van der Waals surface area contributed by atoms with Crippen molar-refractivity contribution in [2.75, 3.05) is 6.54 Å². The number of nitrogens with one attached hydrogen (secondary N) is 1. The molecule has 0 radical (unpaired) electrons. The number of hydrogen-bond acceptors (Lipinski definition) is 3. The van der Waals surface area contributed by atoms with E-state index in [1.807, 2.05) is 0 Å². The quantitative estimate of drug-likeness (QED) is 0.797. The van der Waals surface area contributed by atoms with Gasteiger partial charge in [0, 0.05) is 12.5 Å². The lowest BCUT2D eigenvalue weighted by Gasteiger charge is -2.26. The van der Waals surface area contributed by atoms with Crippen molar-refractivity contribution in [2.24, 2.45) is 5.92 Å². The monoisotopic (exact) mass is 282 g/mol. The molecule has 112 valence electrons. The maximum Gasteiger partial charge on any atom is 0.326 e. The van der Waals surface area contributed by atoms with Crippen LogP contribution >= 0.6 is 0 Å². The molecule has 2 fully saturated rings. The van der Waals surface area contributed by atoms with Crippen LogP contribution in [-0.2, 0) is 14.4 Å². The van der Waals surface area contributed by atoms with Crippen LogP contribution in [0.5, 0.6) is 0 Å².